The molecule has 0 aliphatic carbocycles. The van der Waals surface area contributed by atoms with Crippen molar-refractivity contribution in [2.75, 3.05) is 6.61 Å². The first-order chi connectivity index (χ1) is 5.66. The zero-order chi connectivity index (χ0) is 9.14. The summed E-state index contributed by atoms with van der Waals surface area (Å²) < 4.78 is 0. The standard InChI is InChI=1S/C10H12O2/c1-7-4-3-5-9(8(7)2)10(12)6-11/h3-5,11H,6H2,1-2H3. The first-order valence-corrected chi connectivity index (χ1v) is 3.87. The molecule has 0 saturated carbocycles. The summed E-state index contributed by atoms with van der Waals surface area (Å²) in [7, 11) is 0. The van der Waals surface area contributed by atoms with E-state index in [1.54, 1.807) is 6.07 Å². The van der Waals surface area contributed by atoms with Crippen LogP contribution in [-0.4, -0.2) is 17.5 Å². The molecule has 0 bridgehead atoms. The molecule has 0 heterocycles. The van der Waals surface area contributed by atoms with Gasteiger partial charge < -0.3 is 5.11 Å². The maximum absolute atomic E-state index is 11.1. The molecule has 1 aromatic rings. The van der Waals surface area contributed by atoms with E-state index in [9.17, 15) is 4.79 Å². The lowest BCUT2D eigenvalue weighted by atomic mass is 10.0. The lowest BCUT2D eigenvalue weighted by Crippen LogP contribution is -2.06. The van der Waals surface area contributed by atoms with Gasteiger partial charge in [0.05, 0.1) is 0 Å². The third-order valence-corrected chi connectivity index (χ3v) is 2.05. The zero-order valence-corrected chi connectivity index (χ0v) is 7.29. The van der Waals surface area contributed by atoms with Gasteiger partial charge in [-0.1, -0.05) is 18.2 Å². The second kappa shape index (κ2) is 3.50. The van der Waals surface area contributed by atoms with Gasteiger partial charge in [-0.3, -0.25) is 4.79 Å². The number of rotatable bonds is 2. The van der Waals surface area contributed by atoms with E-state index >= 15 is 0 Å². The smallest absolute Gasteiger partial charge is 0.188 e. The predicted octanol–water partition coefficient (Wildman–Crippen LogP) is 1.48. The first-order valence-electron chi connectivity index (χ1n) is 3.87. The highest BCUT2D eigenvalue weighted by Gasteiger charge is 2.07. The lowest BCUT2D eigenvalue weighted by molar-refractivity contribution is 0.0903. The molecular weight excluding hydrogens is 152 g/mol. The van der Waals surface area contributed by atoms with Gasteiger partial charge in [-0.25, -0.2) is 0 Å². The van der Waals surface area contributed by atoms with Crippen molar-refractivity contribution in [1.82, 2.24) is 0 Å². The number of Topliss-reactive ketones (excluding diaryl/α,β-unsaturated/α-hetero) is 1. The largest absolute Gasteiger partial charge is 0.388 e. The van der Waals surface area contributed by atoms with Crippen LogP contribution in [0.2, 0.25) is 0 Å². The molecule has 0 fully saturated rings. The maximum atomic E-state index is 11.1. The van der Waals surface area contributed by atoms with Crippen molar-refractivity contribution in [3.63, 3.8) is 0 Å². The molecule has 12 heavy (non-hydrogen) atoms. The fourth-order valence-electron chi connectivity index (χ4n) is 1.14. The van der Waals surface area contributed by atoms with Crippen molar-refractivity contribution in [3.05, 3.63) is 34.9 Å². The van der Waals surface area contributed by atoms with Gasteiger partial charge in [0.25, 0.3) is 0 Å². The zero-order valence-electron chi connectivity index (χ0n) is 7.29. The normalized spacial score (nSPS) is 9.92. The van der Waals surface area contributed by atoms with Crippen LogP contribution in [0.5, 0.6) is 0 Å². The number of carbonyl (C=O) groups is 1. The number of aryl methyl sites for hydroxylation is 1. The molecule has 2 nitrogen and oxygen atoms in total. The maximum Gasteiger partial charge on any atom is 0.188 e. The third kappa shape index (κ3) is 1.53. The number of hydrogen-bond donors (Lipinski definition) is 1. The van der Waals surface area contributed by atoms with Gasteiger partial charge in [-0.15, -0.1) is 0 Å². The Morgan fingerprint density at radius 2 is 2.08 bits per heavy atom. The van der Waals surface area contributed by atoms with E-state index in [-0.39, 0.29) is 5.78 Å². The van der Waals surface area contributed by atoms with Gasteiger partial charge in [0.2, 0.25) is 0 Å². The molecule has 64 valence electrons. The Balaban J connectivity index is 3.16. The summed E-state index contributed by atoms with van der Waals surface area (Å²) in [5.74, 6) is -0.212. The van der Waals surface area contributed by atoms with Crippen molar-refractivity contribution in [2.24, 2.45) is 0 Å². The summed E-state index contributed by atoms with van der Waals surface area (Å²) in [6.45, 7) is 3.42. The molecule has 0 unspecified atom stereocenters. The highest BCUT2D eigenvalue weighted by Crippen LogP contribution is 2.12. The number of carbonyl (C=O) groups excluding carboxylic acids is 1. The van der Waals surface area contributed by atoms with Crippen LogP contribution >= 0.6 is 0 Å². The minimum absolute atomic E-state index is 0.212. The second-order valence-corrected chi connectivity index (χ2v) is 2.83. The van der Waals surface area contributed by atoms with E-state index in [2.05, 4.69) is 0 Å². The minimum atomic E-state index is -0.412. The van der Waals surface area contributed by atoms with Crippen LogP contribution in [-0.2, 0) is 0 Å². The monoisotopic (exact) mass is 164 g/mol. The average Bonchev–Trinajstić information content (AvgIpc) is 2.08. The molecule has 0 atom stereocenters. The molecule has 0 amide bonds. The van der Waals surface area contributed by atoms with E-state index in [1.165, 1.54) is 0 Å². The summed E-state index contributed by atoms with van der Waals surface area (Å²) in [5, 5.41) is 8.65. The number of hydrogen-bond acceptors (Lipinski definition) is 2. The number of benzene rings is 1. The Bertz CT molecular complexity index is 303. The fourth-order valence-corrected chi connectivity index (χ4v) is 1.14. The highest BCUT2D eigenvalue weighted by molar-refractivity contribution is 5.98. The molecule has 1 N–H and O–H groups in total. The van der Waals surface area contributed by atoms with E-state index in [0.29, 0.717) is 5.56 Å². The van der Waals surface area contributed by atoms with E-state index in [4.69, 9.17) is 5.11 Å². The van der Waals surface area contributed by atoms with Crippen molar-refractivity contribution in [3.8, 4) is 0 Å². The first kappa shape index (κ1) is 8.94. The molecule has 2 heteroatoms. The van der Waals surface area contributed by atoms with Crippen LogP contribution in [0.4, 0.5) is 0 Å². The summed E-state index contributed by atoms with van der Waals surface area (Å²) in [6.07, 6.45) is 0. The molecule has 0 aliphatic heterocycles. The Morgan fingerprint density at radius 3 is 2.67 bits per heavy atom. The molecule has 0 aromatic heterocycles. The molecule has 1 aromatic carbocycles. The van der Waals surface area contributed by atoms with E-state index in [1.807, 2.05) is 26.0 Å². The van der Waals surface area contributed by atoms with Crippen LogP contribution in [0.25, 0.3) is 0 Å². The topological polar surface area (TPSA) is 37.3 Å². The van der Waals surface area contributed by atoms with Crippen molar-refractivity contribution < 1.29 is 9.90 Å². The lowest BCUT2D eigenvalue weighted by Gasteiger charge is -2.04. The van der Waals surface area contributed by atoms with Crippen molar-refractivity contribution >= 4 is 5.78 Å². The molecular formula is C10H12O2. The SMILES string of the molecule is Cc1cccc(C(=O)CO)c1C. The van der Waals surface area contributed by atoms with Crippen LogP contribution < -0.4 is 0 Å². The van der Waals surface area contributed by atoms with E-state index in [0.717, 1.165) is 11.1 Å². The highest BCUT2D eigenvalue weighted by atomic mass is 16.3. The van der Waals surface area contributed by atoms with Gasteiger partial charge in [0, 0.05) is 5.56 Å². The fraction of sp³-hybridized carbons (Fsp3) is 0.300. The minimum Gasteiger partial charge on any atom is -0.388 e. The summed E-state index contributed by atoms with van der Waals surface area (Å²) in [6, 6.07) is 5.51. The Morgan fingerprint density at radius 1 is 1.42 bits per heavy atom. The van der Waals surface area contributed by atoms with Crippen LogP contribution in [0, 0.1) is 13.8 Å². The van der Waals surface area contributed by atoms with Crippen LogP contribution in [0.1, 0.15) is 21.5 Å². The molecule has 0 radical (unpaired) electrons. The number of aliphatic hydroxyl groups is 1. The summed E-state index contributed by atoms with van der Waals surface area (Å²) in [5.41, 5.74) is 2.66. The summed E-state index contributed by atoms with van der Waals surface area (Å²) in [4.78, 5) is 11.1. The quantitative estimate of drug-likeness (QED) is 0.672. The third-order valence-electron chi connectivity index (χ3n) is 2.05. The van der Waals surface area contributed by atoms with Gasteiger partial charge in [-0.05, 0) is 25.0 Å². The Hall–Kier alpha value is -1.15. The van der Waals surface area contributed by atoms with Gasteiger partial charge in [0.15, 0.2) is 5.78 Å². The van der Waals surface area contributed by atoms with Gasteiger partial charge in [0.1, 0.15) is 6.61 Å². The van der Waals surface area contributed by atoms with Crippen molar-refractivity contribution in [1.29, 1.82) is 0 Å². The second-order valence-electron chi connectivity index (χ2n) is 2.83. The Kier molecular flexibility index (Phi) is 2.61. The molecule has 0 aliphatic rings. The number of ketones is 1. The Labute approximate surface area is 71.8 Å². The summed E-state index contributed by atoms with van der Waals surface area (Å²) >= 11 is 0. The van der Waals surface area contributed by atoms with E-state index < -0.39 is 6.61 Å². The molecule has 1 rings (SSSR count). The average molecular weight is 164 g/mol. The molecule has 0 spiro atoms. The van der Waals surface area contributed by atoms with Crippen molar-refractivity contribution in [2.45, 2.75) is 13.8 Å². The van der Waals surface area contributed by atoms with Gasteiger partial charge in [-0.2, -0.15) is 0 Å². The number of aliphatic hydroxyl groups excluding tert-OH is 1. The van der Waals surface area contributed by atoms with Crippen LogP contribution in [0.3, 0.4) is 0 Å². The predicted molar refractivity (Wildman–Crippen MR) is 47.3 cm³/mol. The molecule has 0 saturated heterocycles. The van der Waals surface area contributed by atoms with Gasteiger partial charge >= 0.3 is 0 Å². The van der Waals surface area contributed by atoms with Crippen LogP contribution in [0.15, 0.2) is 18.2 Å².